The van der Waals surface area contributed by atoms with Crippen LogP contribution in [0.3, 0.4) is 0 Å². The number of carbonyl (C=O) groups excluding carboxylic acids is 1. The Labute approximate surface area is 153 Å². The Morgan fingerprint density at radius 1 is 1.38 bits per heavy atom. The van der Waals surface area contributed by atoms with Gasteiger partial charge in [-0.3, -0.25) is 9.69 Å². The molecule has 1 spiro atoms. The summed E-state index contributed by atoms with van der Waals surface area (Å²) in [7, 11) is 2.17. The quantitative estimate of drug-likeness (QED) is 0.844. The lowest BCUT2D eigenvalue weighted by Gasteiger charge is -2.58. The number of likely N-dealkylation sites (tertiary alicyclic amines) is 2. The average Bonchev–Trinajstić information content (AvgIpc) is 3.05. The highest BCUT2D eigenvalue weighted by atomic mass is 16.5. The van der Waals surface area contributed by atoms with Gasteiger partial charge in [-0.1, -0.05) is 6.07 Å². The zero-order valence-electron chi connectivity index (χ0n) is 15.4. The number of aryl methyl sites for hydroxylation is 1. The first-order valence-electron chi connectivity index (χ1n) is 9.16. The molecule has 2 aliphatic rings. The van der Waals surface area contributed by atoms with Gasteiger partial charge in [-0.2, -0.15) is 0 Å². The van der Waals surface area contributed by atoms with Gasteiger partial charge in [-0.05, 0) is 51.4 Å². The SMILES string of the molecule is Cc1occc1C(=O)N1CC2(C[C@@H](COc3ccccn3)CCN2C)C1. The van der Waals surface area contributed by atoms with Crippen LogP contribution in [-0.2, 0) is 0 Å². The van der Waals surface area contributed by atoms with Gasteiger partial charge in [0, 0.05) is 25.4 Å². The van der Waals surface area contributed by atoms with E-state index in [1.54, 1.807) is 18.5 Å². The highest BCUT2D eigenvalue weighted by Gasteiger charge is 2.51. The first kappa shape index (κ1) is 17.1. The van der Waals surface area contributed by atoms with Crippen LogP contribution in [0.5, 0.6) is 5.88 Å². The minimum Gasteiger partial charge on any atom is -0.477 e. The van der Waals surface area contributed by atoms with Gasteiger partial charge in [-0.15, -0.1) is 0 Å². The second-order valence-corrected chi connectivity index (χ2v) is 7.54. The third-order valence-corrected chi connectivity index (χ3v) is 5.80. The predicted octanol–water partition coefficient (Wildman–Crippen LogP) is 2.60. The number of hydrogen-bond donors (Lipinski definition) is 0. The lowest BCUT2D eigenvalue weighted by atomic mass is 9.75. The smallest absolute Gasteiger partial charge is 0.257 e. The number of piperidine rings is 1. The van der Waals surface area contributed by atoms with E-state index in [9.17, 15) is 4.79 Å². The normalized spacial score (nSPS) is 22.2. The van der Waals surface area contributed by atoms with Crippen molar-refractivity contribution in [1.82, 2.24) is 14.8 Å². The monoisotopic (exact) mass is 355 g/mol. The number of amides is 1. The topological polar surface area (TPSA) is 58.8 Å². The van der Waals surface area contributed by atoms with Crippen LogP contribution >= 0.6 is 0 Å². The summed E-state index contributed by atoms with van der Waals surface area (Å²) >= 11 is 0. The van der Waals surface area contributed by atoms with E-state index >= 15 is 0 Å². The van der Waals surface area contributed by atoms with E-state index < -0.39 is 0 Å². The van der Waals surface area contributed by atoms with E-state index in [1.165, 1.54) is 0 Å². The summed E-state index contributed by atoms with van der Waals surface area (Å²) in [5.74, 6) is 1.93. The molecule has 2 aliphatic heterocycles. The van der Waals surface area contributed by atoms with Gasteiger partial charge in [0.2, 0.25) is 5.88 Å². The molecule has 2 saturated heterocycles. The van der Waals surface area contributed by atoms with Crippen molar-refractivity contribution in [2.75, 3.05) is 33.3 Å². The lowest BCUT2D eigenvalue weighted by Crippen LogP contribution is -2.72. The zero-order valence-corrected chi connectivity index (χ0v) is 15.4. The second kappa shape index (κ2) is 6.76. The summed E-state index contributed by atoms with van der Waals surface area (Å²) in [6.07, 6.45) is 5.49. The molecule has 4 rings (SSSR count). The molecule has 6 heteroatoms. The van der Waals surface area contributed by atoms with Crippen molar-refractivity contribution in [1.29, 1.82) is 0 Å². The molecule has 2 aromatic rings. The van der Waals surface area contributed by atoms with E-state index in [-0.39, 0.29) is 11.4 Å². The number of ether oxygens (including phenoxy) is 1. The van der Waals surface area contributed by atoms with Crippen molar-refractivity contribution in [3.05, 3.63) is 48.0 Å². The summed E-state index contributed by atoms with van der Waals surface area (Å²) in [6.45, 7) is 5.09. The molecule has 4 heterocycles. The summed E-state index contributed by atoms with van der Waals surface area (Å²) < 4.78 is 11.1. The number of likely N-dealkylation sites (N-methyl/N-ethyl adjacent to an activating group) is 1. The van der Waals surface area contributed by atoms with Gasteiger partial charge in [0.15, 0.2) is 0 Å². The molecule has 1 atom stereocenters. The molecule has 0 N–H and O–H groups in total. The first-order valence-corrected chi connectivity index (χ1v) is 9.16. The maximum atomic E-state index is 12.6. The molecule has 2 aromatic heterocycles. The Hall–Kier alpha value is -2.34. The van der Waals surface area contributed by atoms with E-state index in [0.29, 0.717) is 29.7 Å². The van der Waals surface area contributed by atoms with Crippen molar-refractivity contribution < 1.29 is 13.9 Å². The minimum atomic E-state index is 0.0714. The zero-order chi connectivity index (χ0) is 18.1. The Balaban J connectivity index is 1.36. The molecule has 0 aliphatic carbocycles. The van der Waals surface area contributed by atoms with Gasteiger partial charge < -0.3 is 14.1 Å². The van der Waals surface area contributed by atoms with E-state index in [0.717, 1.165) is 32.5 Å². The van der Waals surface area contributed by atoms with Crippen molar-refractivity contribution in [3.63, 3.8) is 0 Å². The van der Waals surface area contributed by atoms with Crippen LogP contribution in [0.2, 0.25) is 0 Å². The summed E-state index contributed by atoms with van der Waals surface area (Å²) in [5, 5.41) is 0. The first-order chi connectivity index (χ1) is 12.6. The standard InChI is InChI=1S/C20H25N3O3/c1-15-17(7-10-25-15)19(24)23-13-20(14-23)11-16(6-9-22(20)2)12-26-18-5-3-4-8-21-18/h3-5,7-8,10,16H,6,9,11-14H2,1-2H3/t16-/m0/s1. The van der Waals surface area contributed by atoms with Crippen LogP contribution < -0.4 is 4.74 Å². The molecule has 26 heavy (non-hydrogen) atoms. The Morgan fingerprint density at radius 3 is 2.92 bits per heavy atom. The number of nitrogens with zero attached hydrogens (tertiary/aromatic N) is 3. The fourth-order valence-corrected chi connectivity index (χ4v) is 4.14. The van der Waals surface area contributed by atoms with E-state index in [1.807, 2.05) is 30.0 Å². The fraction of sp³-hybridized carbons (Fsp3) is 0.500. The van der Waals surface area contributed by atoms with Crippen LogP contribution in [0.15, 0.2) is 41.1 Å². The molecule has 138 valence electrons. The van der Waals surface area contributed by atoms with Crippen molar-refractivity contribution >= 4 is 5.91 Å². The van der Waals surface area contributed by atoms with Crippen molar-refractivity contribution in [3.8, 4) is 5.88 Å². The Morgan fingerprint density at radius 2 is 2.23 bits per heavy atom. The van der Waals surface area contributed by atoms with Crippen molar-refractivity contribution in [2.24, 2.45) is 5.92 Å². The summed E-state index contributed by atoms with van der Waals surface area (Å²) in [5.41, 5.74) is 0.748. The highest BCUT2D eigenvalue weighted by molar-refractivity contribution is 5.95. The van der Waals surface area contributed by atoms with Gasteiger partial charge in [-0.25, -0.2) is 4.98 Å². The largest absolute Gasteiger partial charge is 0.477 e. The van der Waals surface area contributed by atoms with E-state index in [2.05, 4.69) is 16.9 Å². The van der Waals surface area contributed by atoms with E-state index in [4.69, 9.17) is 9.15 Å². The maximum Gasteiger partial charge on any atom is 0.257 e. The van der Waals surface area contributed by atoms with Crippen LogP contribution in [0.1, 0.15) is 29.0 Å². The minimum absolute atomic E-state index is 0.0714. The van der Waals surface area contributed by atoms with Gasteiger partial charge in [0.05, 0.1) is 24.0 Å². The number of aromatic nitrogens is 1. The fourth-order valence-electron chi connectivity index (χ4n) is 4.14. The van der Waals surface area contributed by atoms with Gasteiger partial charge >= 0.3 is 0 Å². The summed E-state index contributed by atoms with van der Waals surface area (Å²) in [6, 6.07) is 7.48. The van der Waals surface area contributed by atoms with Gasteiger partial charge in [0.1, 0.15) is 5.76 Å². The van der Waals surface area contributed by atoms with Crippen LogP contribution in [0, 0.1) is 12.8 Å². The van der Waals surface area contributed by atoms with Crippen molar-refractivity contribution in [2.45, 2.75) is 25.3 Å². The molecule has 1 amide bonds. The molecule has 0 unspecified atom stereocenters. The molecule has 0 saturated carbocycles. The molecular formula is C20H25N3O3. The number of pyridine rings is 1. The Kier molecular flexibility index (Phi) is 4.44. The molecule has 6 nitrogen and oxygen atoms in total. The number of rotatable bonds is 4. The number of carbonyl (C=O) groups is 1. The number of hydrogen-bond acceptors (Lipinski definition) is 5. The maximum absolute atomic E-state index is 12.6. The molecular weight excluding hydrogens is 330 g/mol. The number of furan rings is 1. The molecule has 0 aromatic carbocycles. The average molecular weight is 355 g/mol. The third-order valence-electron chi connectivity index (χ3n) is 5.80. The third kappa shape index (κ3) is 3.09. The summed E-state index contributed by atoms with van der Waals surface area (Å²) in [4.78, 5) is 21.2. The second-order valence-electron chi connectivity index (χ2n) is 7.54. The lowest BCUT2D eigenvalue weighted by molar-refractivity contribution is -0.0696. The highest BCUT2D eigenvalue weighted by Crippen LogP contribution is 2.39. The molecule has 2 fully saturated rings. The molecule has 0 bridgehead atoms. The predicted molar refractivity (Wildman–Crippen MR) is 97.2 cm³/mol. The van der Waals surface area contributed by atoms with Crippen LogP contribution in [0.4, 0.5) is 0 Å². The van der Waals surface area contributed by atoms with Gasteiger partial charge in [0.25, 0.3) is 5.91 Å². The van der Waals surface area contributed by atoms with Crippen LogP contribution in [0.25, 0.3) is 0 Å². The molecule has 0 radical (unpaired) electrons. The van der Waals surface area contributed by atoms with Crippen LogP contribution in [-0.4, -0.2) is 59.5 Å². The Bertz CT molecular complexity index is 768.